The van der Waals surface area contributed by atoms with Crippen molar-refractivity contribution in [3.05, 3.63) is 18.1 Å². The molecule has 7 heteroatoms. The Morgan fingerprint density at radius 2 is 1.71 bits per heavy atom. The van der Waals surface area contributed by atoms with Crippen LogP contribution in [0, 0.1) is 5.92 Å². The zero-order valence-electron chi connectivity index (χ0n) is 13.9. The van der Waals surface area contributed by atoms with Crippen LogP contribution in [0.1, 0.15) is 55.4 Å². The number of hydrogen-bond donors (Lipinski definition) is 2. The third-order valence-corrected chi connectivity index (χ3v) is 5.03. The molecule has 0 bridgehead atoms. The van der Waals surface area contributed by atoms with Crippen LogP contribution in [0.3, 0.4) is 0 Å². The molecule has 1 saturated carbocycles. The summed E-state index contributed by atoms with van der Waals surface area (Å²) in [7, 11) is 0. The standard InChI is InChI=1S/C17H25N5O2/c18-15-14(19-8-9-20-15)17(24)22-10-6-13(7-11-22)21-16(23)12-4-2-1-3-5-12/h8-9,12-13H,1-7,10-11H2,(H2,18,20)(H,21,23). The molecule has 0 atom stereocenters. The number of amides is 2. The Labute approximate surface area is 142 Å². The number of nitrogens with one attached hydrogen (secondary N) is 1. The molecule has 24 heavy (non-hydrogen) atoms. The van der Waals surface area contributed by atoms with Gasteiger partial charge in [-0.15, -0.1) is 0 Å². The molecule has 1 aliphatic carbocycles. The molecule has 2 heterocycles. The largest absolute Gasteiger partial charge is 0.382 e. The number of anilines is 1. The third kappa shape index (κ3) is 3.83. The molecule has 3 N–H and O–H groups in total. The van der Waals surface area contributed by atoms with E-state index in [0.717, 1.165) is 38.5 Å². The maximum atomic E-state index is 12.5. The van der Waals surface area contributed by atoms with Crippen LogP contribution in [0.15, 0.2) is 12.4 Å². The molecule has 3 rings (SSSR count). The average Bonchev–Trinajstić information content (AvgIpc) is 2.63. The number of nitrogens with two attached hydrogens (primary N) is 1. The van der Waals surface area contributed by atoms with E-state index in [2.05, 4.69) is 15.3 Å². The van der Waals surface area contributed by atoms with Crippen LogP contribution < -0.4 is 11.1 Å². The molecule has 0 radical (unpaired) electrons. The first kappa shape index (κ1) is 16.7. The Morgan fingerprint density at radius 1 is 1.04 bits per heavy atom. The van der Waals surface area contributed by atoms with E-state index >= 15 is 0 Å². The fraction of sp³-hybridized carbons (Fsp3) is 0.647. The first-order chi connectivity index (χ1) is 11.6. The monoisotopic (exact) mass is 331 g/mol. The topological polar surface area (TPSA) is 101 Å². The lowest BCUT2D eigenvalue weighted by Gasteiger charge is -2.33. The van der Waals surface area contributed by atoms with Crippen LogP contribution in [-0.2, 0) is 4.79 Å². The van der Waals surface area contributed by atoms with Gasteiger partial charge in [-0.25, -0.2) is 9.97 Å². The summed E-state index contributed by atoms with van der Waals surface area (Å²) in [6.45, 7) is 1.20. The first-order valence-electron chi connectivity index (χ1n) is 8.81. The van der Waals surface area contributed by atoms with E-state index in [-0.39, 0.29) is 35.3 Å². The van der Waals surface area contributed by atoms with Crippen molar-refractivity contribution >= 4 is 17.6 Å². The highest BCUT2D eigenvalue weighted by Gasteiger charge is 2.28. The highest BCUT2D eigenvalue weighted by Crippen LogP contribution is 2.24. The zero-order valence-corrected chi connectivity index (χ0v) is 13.9. The summed E-state index contributed by atoms with van der Waals surface area (Å²) in [5, 5.41) is 3.17. The van der Waals surface area contributed by atoms with Gasteiger partial charge in [-0.05, 0) is 25.7 Å². The Hall–Kier alpha value is -2.18. The Balaban J connectivity index is 1.49. The lowest BCUT2D eigenvalue weighted by atomic mass is 9.88. The molecule has 0 aromatic carbocycles. The number of hydrogen-bond acceptors (Lipinski definition) is 5. The quantitative estimate of drug-likeness (QED) is 0.871. The zero-order chi connectivity index (χ0) is 16.9. The molecular formula is C17H25N5O2. The van der Waals surface area contributed by atoms with Crippen LogP contribution >= 0.6 is 0 Å². The maximum absolute atomic E-state index is 12.5. The molecule has 1 saturated heterocycles. The molecular weight excluding hydrogens is 306 g/mol. The number of nitrogens with zero attached hydrogens (tertiary/aromatic N) is 3. The highest BCUT2D eigenvalue weighted by molar-refractivity contribution is 5.96. The summed E-state index contributed by atoms with van der Waals surface area (Å²) in [6.07, 6.45) is 10.1. The maximum Gasteiger partial charge on any atom is 0.276 e. The van der Waals surface area contributed by atoms with E-state index in [1.54, 1.807) is 4.90 Å². The van der Waals surface area contributed by atoms with Gasteiger partial charge in [0.25, 0.3) is 5.91 Å². The van der Waals surface area contributed by atoms with E-state index in [1.807, 2.05) is 0 Å². The SMILES string of the molecule is Nc1nccnc1C(=O)N1CCC(NC(=O)C2CCCCC2)CC1. The Morgan fingerprint density at radius 3 is 2.38 bits per heavy atom. The average molecular weight is 331 g/mol. The number of rotatable bonds is 3. The summed E-state index contributed by atoms with van der Waals surface area (Å²) in [4.78, 5) is 34.5. The number of nitrogen functional groups attached to an aromatic ring is 1. The van der Waals surface area contributed by atoms with Crippen LogP contribution in [0.5, 0.6) is 0 Å². The van der Waals surface area contributed by atoms with E-state index in [9.17, 15) is 9.59 Å². The second kappa shape index (κ2) is 7.59. The van der Waals surface area contributed by atoms with Gasteiger partial charge in [-0.3, -0.25) is 9.59 Å². The smallest absolute Gasteiger partial charge is 0.276 e. The second-order valence-corrected chi connectivity index (χ2v) is 6.70. The molecule has 1 aromatic heterocycles. The van der Waals surface area contributed by atoms with Crippen molar-refractivity contribution in [2.24, 2.45) is 5.92 Å². The fourth-order valence-electron chi connectivity index (χ4n) is 3.57. The van der Waals surface area contributed by atoms with Crippen LogP contribution in [-0.4, -0.2) is 45.8 Å². The molecule has 2 fully saturated rings. The van der Waals surface area contributed by atoms with Crippen molar-refractivity contribution in [1.29, 1.82) is 0 Å². The summed E-state index contributed by atoms with van der Waals surface area (Å²) in [6, 6.07) is 0.155. The van der Waals surface area contributed by atoms with Crippen molar-refractivity contribution in [1.82, 2.24) is 20.2 Å². The fourth-order valence-corrected chi connectivity index (χ4v) is 3.57. The van der Waals surface area contributed by atoms with Crippen molar-refractivity contribution in [2.45, 2.75) is 51.0 Å². The predicted molar refractivity (Wildman–Crippen MR) is 90.1 cm³/mol. The van der Waals surface area contributed by atoms with E-state index in [1.165, 1.54) is 18.8 Å². The summed E-state index contributed by atoms with van der Waals surface area (Å²) in [5.41, 5.74) is 5.94. The van der Waals surface area contributed by atoms with Gasteiger partial charge in [0, 0.05) is 37.4 Å². The normalized spacial score (nSPS) is 19.9. The molecule has 2 amide bonds. The van der Waals surface area contributed by atoms with Crippen LogP contribution in [0.4, 0.5) is 5.82 Å². The Kier molecular flexibility index (Phi) is 5.27. The molecule has 0 spiro atoms. The molecule has 0 unspecified atom stereocenters. The molecule has 1 aliphatic heterocycles. The lowest BCUT2D eigenvalue weighted by Crippen LogP contribution is -2.48. The van der Waals surface area contributed by atoms with Crippen molar-refractivity contribution < 1.29 is 9.59 Å². The van der Waals surface area contributed by atoms with Gasteiger partial charge in [0.1, 0.15) is 0 Å². The molecule has 2 aliphatic rings. The van der Waals surface area contributed by atoms with Gasteiger partial charge in [0.05, 0.1) is 0 Å². The highest BCUT2D eigenvalue weighted by atomic mass is 16.2. The first-order valence-corrected chi connectivity index (χ1v) is 8.81. The van der Waals surface area contributed by atoms with Crippen LogP contribution in [0.25, 0.3) is 0 Å². The third-order valence-electron chi connectivity index (χ3n) is 5.03. The minimum absolute atomic E-state index is 0.155. The minimum Gasteiger partial charge on any atom is -0.382 e. The number of aromatic nitrogens is 2. The number of piperidine rings is 1. The Bertz CT molecular complexity index is 592. The van der Waals surface area contributed by atoms with Crippen molar-refractivity contribution in [2.75, 3.05) is 18.8 Å². The summed E-state index contributed by atoms with van der Waals surface area (Å²) < 4.78 is 0. The van der Waals surface area contributed by atoms with E-state index in [0.29, 0.717) is 13.1 Å². The van der Waals surface area contributed by atoms with Crippen molar-refractivity contribution in [3.8, 4) is 0 Å². The number of likely N-dealkylation sites (tertiary alicyclic amines) is 1. The number of carbonyl (C=O) groups excluding carboxylic acids is 2. The summed E-state index contributed by atoms with van der Waals surface area (Å²) in [5.74, 6) is 0.350. The molecule has 130 valence electrons. The molecule has 1 aromatic rings. The number of carbonyl (C=O) groups is 2. The van der Waals surface area contributed by atoms with Crippen molar-refractivity contribution in [3.63, 3.8) is 0 Å². The van der Waals surface area contributed by atoms with Gasteiger partial charge in [0.2, 0.25) is 5.91 Å². The van der Waals surface area contributed by atoms with Crippen LogP contribution in [0.2, 0.25) is 0 Å². The van der Waals surface area contributed by atoms with Gasteiger partial charge in [-0.1, -0.05) is 19.3 Å². The van der Waals surface area contributed by atoms with Gasteiger partial charge < -0.3 is 16.0 Å². The summed E-state index contributed by atoms with van der Waals surface area (Å²) >= 11 is 0. The van der Waals surface area contributed by atoms with E-state index in [4.69, 9.17) is 5.73 Å². The second-order valence-electron chi connectivity index (χ2n) is 6.70. The van der Waals surface area contributed by atoms with Gasteiger partial charge in [-0.2, -0.15) is 0 Å². The van der Waals surface area contributed by atoms with E-state index < -0.39 is 0 Å². The predicted octanol–water partition coefficient (Wildman–Crippen LogP) is 1.36. The lowest BCUT2D eigenvalue weighted by molar-refractivity contribution is -0.126. The minimum atomic E-state index is -0.183. The molecule has 7 nitrogen and oxygen atoms in total. The van der Waals surface area contributed by atoms with Gasteiger partial charge in [0.15, 0.2) is 11.5 Å². The van der Waals surface area contributed by atoms with Gasteiger partial charge >= 0.3 is 0 Å².